The van der Waals surface area contributed by atoms with Crippen molar-refractivity contribution >= 4 is 68.7 Å². The van der Waals surface area contributed by atoms with Crippen LogP contribution < -0.4 is 0 Å². The van der Waals surface area contributed by atoms with E-state index in [4.69, 9.17) is 0 Å². The molecule has 1 saturated heterocycles. The maximum absolute atomic E-state index is 3.01. The molecule has 9 heteroatoms. The van der Waals surface area contributed by atoms with Gasteiger partial charge >= 0.3 is 173 Å². The molecule has 1 heterocycles. The molecule has 1 rings (SSSR count). The van der Waals surface area contributed by atoms with Gasteiger partial charge in [-0.15, -0.1) is 0 Å². The minimum atomic E-state index is -1.11. The van der Waals surface area contributed by atoms with E-state index in [0.717, 1.165) is 13.7 Å². The van der Waals surface area contributed by atoms with E-state index in [-0.39, 0.29) is 0 Å². The Morgan fingerprint density at radius 2 is 0.560 bits per heavy atom. The van der Waals surface area contributed by atoms with E-state index in [2.05, 4.69) is 105 Å². The molecular weight excluding hydrogens is 496 g/mol. The molecule has 1 aliphatic heterocycles. The van der Waals surface area contributed by atoms with Crippen molar-refractivity contribution in [3.8, 4) is 0 Å². The summed E-state index contributed by atoms with van der Waals surface area (Å²) in [6.07, 6.45) is 0. The van der Waals surface area contributed by atoms with Crippen LogP contribution in [0.2, 0.25) is 105 Å². The van der Waals surface area contributed by atoms with Crippen molar-refractivity contribution in [1.29, 1.82) is 0 Å². The van der Waals surface area contributed by atoms with Gasteiger partial charge in [-0.05, 0) is 0 Å². The van der Waals surface area contributed by atoms with Crippen LogP contribution in [0.15, 0.2) is 0 Å². The summed E-state index contributed by atoms with van der Waals surface area (Å²) in [5.74, 6) is 0. The summed E-state index contributed by atoms with van der Waals surface area (Å²) in [4.78, 5) is 0. The van der Waals surface area contributed by atoms with Crippen molar-refractivity contribution in [1.82, 2.24) is 0 Å². The Morgan fingerprint density at radius 1 is 0.400 bits per heavy atom. The second-order valence-electron chi connectivity index (χ2n) is 13.7. The molecule has 1 fully saturated rings. The number of rotatable bonds is 4. The first-order chi connectivity index (χ1) is 10.5. The van der Waals surface area contributed by atoms with Gasteiger partial charge in [-0.1, -0.05) is 0 Å². The standard InChI is InChI=1S/C16H48SeSi8/c1-18(2,3)24(19(4,5)6)17-25(20(7,8)9,21(10,11)12)23(15,16)22(24,13)14/h1-16H3. The molecule has 0 aromatic carbocycles. The monoisotopic (exact) mass is 544 g/mol. The SMILES string of the molecule is C[Si](C)(C)[Si]1([Si](C)(C)C)[Se][Si]([Si](C)(C)C)([Si](C)(C)C)[Si](C)(C)[Si]1(C)C. The van der Waals surface area contributed by atoms with E-state index in [0.29, 0.717) is 0 Å². The fourth-order valence-electron chi connectivity index (χ4n) is 7.98. The molecule has 0 amide bonds. The molecule has 0 bridgehead atoms. The van der Waals surface area contributed by atoms with Gasteiger partial charge in [0.15, 0.2) is 0 Å². The van der Waals surface area contributed by atoms with Crippen molar-refractivity contribution in [2.45, 2.75) is 105 Å². The first-order valence-electron chi connectivity index (χ1n) is 10.2. The summed E-state index contributed by atoms with van der Waals surface area (Å²) in [6, 6.07) is 0. The van der Waals surface area contributed by atoms with Gasteiger partial charge in [0.05, 0.1) is 0 Å². The molecule has 0 atom stereocenters. The zero-order chi connectivity index (χ0) is 20.7. The van der Waals surface area contributed by atoms with Crippen LogP contribution in [-0.2, 0) is 0 Å². The normalized spacial score (nSPS) is 25.9. The third-order valence-corrected chi connectivity index (χ3v) is 289. The summed E-state index contributed by atoms with van der Waals surface area (Å²) >= 11 is 1.15. The zero-order valence-corrected chi connectivity index (χ0v) is 30.1. The Kier molecular flexibility index (Phi) is 6.45. The summed E-state index contributed by atoms with van der Waals surface area (Å²) in [7, 11) is -6.53. The average Bonchev–Trinajstić information content (AvgIpc) is 2.36. The molecule has 0 radical (unpaired) electrons. The van der Waals surface area contributed by atoms with Crippen LogP contribution in [-0.4, -0.2) is 68.7 Å². The van der Waals surface area contributed by atoms with Gasteiger partial charge in [0.2, 0.25) is 0 Å². The van der Waals surface area contributed by atoms with E-state index in [1.54, 1.807) is 0 Å². The van der Waals surface area contributed by atoms with Crippen LogP contribution >= 0.6 is 0 Å². The van der Waals surface area contributed by atoms with Gasteiger partial charge in [-0.25, -0.2) is 0 Å². The van der Waals surface area contributed by atoms with Crippen LogP contribution in [0.5, 0.6) is 0 Å². The van der Waals surface area contributed by atoms with E-state index < -0.39 is 55.0 Å². The van der Waals surface area contributed by atoms with Gasteiger partial charge < -0.3 is 0 Å². The minimum absolute atomic E-state index is 1.08. The Balaban J connectivity index is 4.12. The third-order valence-electron chi connectivity index (χ3n) is 7.85. The number of hydrogen-bond acceptors (Lipinski definition) is 0. The van der Waals surface area contributed by atoms with Gasteiger partial charge in [-0.2, -0.15) is 0 Å². The van der Waals surface area contributed by atoms with Crippen LogP contribution in [0.4, 0.5) is 0 Å². The molecule has 0 aromatic rings. The molecule has 25 heavy (non-hydrogen) atoms. The number of hydrogen-bond donors (Lipinski definition) is 0. The summed E-state index contributed by atoms with van der Waals surface area (Å²) < 4.78 is 0. The fourth-order valence-corrected chi connectivity index (χ4v) is 556. The molecule has 0 spiro atoms. The molecule has 0 unspecified atom stereocenters. The van der Waals surface area contributed by atoms with E-state index >= 15 is 0 Å². The maximum atomic E-state index is 3.01. The molecule has 0 saturated carbocycles. The van der Waals surface area contributed by atoms with Gasteiger partial charge in [-0.3, -0.25) is 0 Å². The van der Waals surface area contributed by atoms with Crippen LogP contribution in [0.1, 0.15) is 0 Å². The van der Waals surface area contributed by atoms with Gasteiger partial charge in [0.1, 0.15) is 0 Å². The molecule has 0 nitrogen and oxygen atoms in total. The average molecular weight is 544 g/mol. The predicted octanol–water partition coefficient (Wildman–Crippen LogP) is 5.91. The molecule has 150 valence electrons. The summed E-state index contributed by atoms with van der Waals surface area (Å²) in [6.45, 7) is 46.4. The molecule has 1 aliphatic rings. The zero-order valence-electron chi connectivity index (χ0n) is 20.4. The second kappa shape index (κ2) is 6.37. The summed E-state index contributed by atoms with van der Waals surface area (Å²) in [5, 5.41) is -2.16. The third kappa shape index (κ3) is 3.04. The van der Waals surface area contributed by atoms with E-state index in [9.17, 15) is 0 Å². The van der Waals surface area contributed by atoms with E-state index in [1.165, 1.54) is 0 Å². The van der Waals surface area contributed by atoms with Crippen molar-refractivity contribution in [2.24, 2.45) is 0 Å². The Morgan fingerprint density at radius 3 is 0.640 bits per heavy atom. The van der Waals surface area contributed by atoms with Gasteiger partial charge in [0, 0.05) is 0 Å². The quantitative estimate of drug-likeness (QED) is 0.386. The first-order valence-corrected chi connectivity index (χ1v) is 46.1. The van der Waals surface area contributed by atoms with Crippen molar-refractivity contribution in [3.05, 3.63) is 0 Å². The topological polar surface area (TPSA) is 0 Å². The molecule has 0 aromatic heterocycles. The van der Waals surface area contributed by atoms with Crippen LogP contribution in [0, 0.1) is 0 Å². The van der Waals surface area contributed by atoms with Crippen LogP contribution in [0.3, 0.4) is 0 Å². The molecular formula is C16H48SeSi8. The predicted molar refractivity (Wildman–Crippen MR) is 146 cm³/mol. The van der Waals surface area contributed by atoms with Crippen molar-refractivity contribution in [3.63, 3.8) is 0 Å². The second-order valence-corrected chi connectivity index (χ2v) is 126. The van der Waals surface area contributed by atoms with Gasteiger partial charge in [0.25, 0.3) is 0 Å². The molecule has 0 N–H and O–H groups in total. The first kappa shape index (κ1) is 25.3. The van der Waals surface area contributed by atoms with E-state index in [1.807, 2.05) is 0 Å². The fraction of sp³-hybridized carbons (Fsp3) is 1.00. The molecule has 0 aliphatic carbocycles. The summed E-state index contributed by atoms with van der Waals surface area (Å²) in [5.41, 5.74) is 0. The van der Waals surface area contributed by atoms with Crippen LogP contribution in [0.25, 0.3) is 0 Å². The Labute approximate surface area is 172 Å². The van der Waals surface area contributed by atoms with Crippen molar-refractivity contribution in [2.75, 3.05) is 0 Å². The Bertz CT molecular complexity index is 452. The Hall–Kier alpha value is 2.25. The van der Waals surface area contributed by atoms with Crippen molar-refractivity contribution < 1.29 is 0 Å².